The molecule has 0 aliphatic heterocycles. The number of benzene rings is 3. The van der Waals surface area contributed by atoms with Crippen molar-refractivity contribution in [1.29, 1.82) is 0 Å². The van der Waals surface area contributed by atoms with Gasteiger partial charge in [0, 0.05) is 34.7 Å². The molecule has 18 nitrogen and oxygen atoms in total. The van der Waals surface area contributed by atoms with E-state index in [1.165, 1.54) is 0 Å². The highest BCUT2D eigenvalue weighted by molar-refractivity contribution is 7.80. The predicted octanol–water partition coefficient (Wildman–Crippen LogP) is 3.89. The molecular formula is C27H24AlN3O15S3. The van der Waals surface area contributed by atoms with Crippen molar-refractivity contribution >= 4 is 79.1 Å². The molecule has 0 saturated heterocycles. The molecule has 6 N–H and O–H groups in total. The van der Waals surface area contributed by atoms with E-state index in [1.807, 2.05) is 91.0 Å². The molecule has 6 aromatic rings. The number of pyridine rings is 3. The maximum atomic E-state index is 8.74. The smallest absolute Gasteiger partial charge is 0.576 e. The summed E-state index contributed by atoms with van der Waals surface area (Å²) in [6, 6.07) is 29.1. The van der Waals surface area contributed by atoms with Gasteiger partial charge in [0.2, 0.25) is 0 Å². The maximum Gasteiger partial charge on any atom is 1.20 e. The lowest BCUT2D eigenvalue weighted by atomic mass is 10.2. The molecule has 0 aliphatic carbocycles. The summed E-state index contributed by atoms with van der Waals surface area (Å²) in [4.78, 5) is 13.5. The molecular weight excluding hydrogens is 729 g/mol. The average molecular weight is 754 g/mol. The van der Waals surface area contributed by atoms with Crippen molar-refractivity contribution in [3.63, 3.8) is 0 Å². The highest BCUT2D eigenvalue weighted by Gasteiger charge is 2.45. The van der Waals surface area contributed by atoms with E-state index in [-0.39, 0.29) is 0 Å². The Morgan fingerprint density at radius 3 is 0.878 bits per heavy atom. The van der Waals surface area contributed by atoms with Crippen LogP contribution in [0.25, 0.3) is 32.7 Å². The van der Waals surface area contributed by atoms with Gasteiger partial charge in [-0.1, -0.05) is 54.6 Å². The van der Waals surface area contributed by atoms with Gasteiger partial charge in [-0.05, 0) is 36.4 Å². The van der Waals surface area contributed by atoms with Crippen LogP contribution in [-0.2, 0) is 31.2 Å². The first-order valence-corrected chi connectivity index (χ1v) is 18.6. The number of rotatable bonds is 6. The van der Waals surface area contributed by atoms with Gasteiger partial charge in [-0.2, -0.15) is 25.3 Å². The second kappa shape index (κ2) is 17.2. The molecule has 3 aromatic heterocycles. The van der Waals surface area contributed by atoms with E-state index < -0.39 is 46.3 Å². The van der Waals surface area contributed by atoms with Crippen LogP contribution in [0.1, 0.15) is 0 Å². The van der Waals surface area contributed by atoms with E-state index in [2.05, 4.69) is 15.0 Å². The van der Waals surface area contributed by atoms with E-state index >= 15 is 0 Å². The lowest BCUT2D eigenvalue weighted by Crippen LogP contribution is -2.37. The number of fused-ring (bicyclic) bond motifs is 3. The van der Waals surface area contributed by atoms with Crippen LogP contribution in [0.3, 0.4) is 0 Å². The number of para-hydroxylation sites is 3. The molecule has 0 unspecified atom stereocenters. The van der Waals surface area contributed by atoms with Crippen LogP contribution < -0.4 is 11.4 Å². The van der Waals surface area contributed by atoms with Gasteiger partial charge in [-0.25, -0.2) is 0 Å². The zero-order valence-electron chi connectivity index (χ0n) is 24.4. The van der Waals surface area contributed by atoms with Crippen molar-refractivity contribution in [2.24, 2.45) is 0 Å². The number of hydrogen-bond acceptors (Lipinski definition) is 12. The summed E-state index contributed by atoms with van der Waals surface area (Å²) in [6.07, 6.45) is 5.24. The first kappa shape index (κ1) is 38.9. The van der Waals surface area contributed by atoms with E-state index in [1.54, 1.807) is 18.6 Å². The van der Waals surface area contributed by atoms with Crippen LogP contribution in [0.15, 0.2) is 110 Å². The van der Waals surface area contributed by atoms with Gasteiger partial charge in [0.1, 0.15) is 33.8 Å². The highest BCUT2D eigenvalue weighted by Crippen LogP contribution is 2.29. The molecule has 49 heavy (non-hydrogen) atoms. The molecule has 22 heteroatoms. The fourth-order valence-electron chi connectivity index (χ4n) is 3.90. The first-order chi connectivity index (χ1) is 22.8. The largest absolute Gasteiger partial charge is 1.20 e. The lowest BCUT2D eigenvalue weighted by molar-refractivity contribution is 0.311. The minimum Gasteiger partial charge on any atom is -0.576 e. The van der Waals surface area contributed by atoms with Crippen LogP contribution in [0.2, 0.25) is 0 Å². The minimum absolute atomic E-state index is 0.608. The van der Waals surface area contributed by atoms with E-state index in [9.17, 15) is 0 Å². The molecule has 258 valence electrons. The summed E-state index contributed by atoms with van der Waals surface area (Å²) in [7, 11) is -14.0. The van der Waals surface area contributed by atoms with E-state index in [0.717, 1.165) is 32.7 Å². The Balaban J connectivity index is 0.000000366. The maximum absolute atomic E-state index is 8.74. The predicted molar refractivity (Wildman–Crippen MR) is 175 cm³/mol. The van der Waals surface area contributed by atoms with Crippen molar-refractivity contribution in [3.8, 4) is 17.2 Å². The molecule has 0 amide bonds. The SMILES string of the molecule is O=S(=O)(O)O.O=S(=O)(O)O.O=S(=O)(O)O.c1cnc2c([O][Al]([O]c3cccc4cccnc34)[O]c3cccc4cccnc34)cccc2c1. The summed E-state index contributed by atoms with van der Waals surface area (Å²) in [5, 5.41) is 2.93. The lowest BCUT2D eigenvalue weighted by Gasteiger charge is -2.18. The molecule has 3 heterocycles. The van der Waals surface area contributed by atoms with Gasteiger partial charge in [0.05, 0.1) is 0 Å². The topological polar surface area (TPSA) is 290 Å². The van der Waals surface area contributed by atoms with Gasteiger partial charge in [-0.15, -0.1) is 0 Å². The number of aromatic nitrogens is 3. The quantitative estimate of drug-likeness (QED) is 0.104. The Kier molecular flexibility index (Phi) is 13.6. The first-order valence-electron chi connectivity index (χ1n) is 13.0. The van der Waals surface area contributed by atoms with Gasteiger partial charge in [0.15, 0.2) is 0 Å². The second-order valence-corrected chi connectivity index (χ2v) is 13.0. The number of nitrogens with zero attached hydrogens (tertiary/aromatic N) is 3. The summed E-state index contributed by atoms with van der Waals surface area (Å²) < 4.78 is 114. The molecule has 0 aliphatic rings. The third kappa shape index (κ3) is 15.0. The number of hydrogen-bond donors (Lipinski definition) is 6. The minimum atomic E-state index is -4.67. The van der Waals surface area contributed by atoms with Crippen molar-refractivity contribution in [1.82, 2.24) is 15.0 Å². The van der Waals surface area contributed by atoms with Crippen molar-refractivity contribution in [2.75, 3.05) is 0 Å². The third-order valence-electron chi connectivity index (χ3n) is 5.46. The fourth-order valence-corrected chi connectivity index (χ4v) is 5.23. The summed E-state index contributed by atoms with van der Waals surface area (Å²) >= 11 is -2.86. The van der Waals surface area contributed by atoms with Gasteiger partial charge >= 0.3 is 46.3 Å². The Morgan fingerprint density at radius 2 is 0.633 bits per heavy atom. The third-order valence-corrected chi connectivity index (χ3v) is 6.80. The van der Waals surface area contributed by atoms with Crippen LogP contribution in [0.5, 0.6) is 17.2 Å². The van der Waals surface area contributed by atoms with Crippen LogP contribution in [0.4, 0.5) is 0 Å². The van der Waals surface area contributed by atoms with E-state index in [0.29, 0.717) is 17.2 Å². The Morgan fingerprint density at radius 1 is 0.408 bits per heavy atom. The molecule has 0 atom stereocenters. The molecule has 0 radical (unpaired) electrons. The summed E-state index contributed by atoms with van der Waals surface area (Å²) in [5.74, 6) is 1.82. The van der Waals surface area contributed by atoms with Gasteiger partial charge in [-0.3, -0.25) is 42.3 Å². The van der Waals surface area contributed by atoms with Crippen molar-refractivity contribution in [2.45, 2.75) is 0 Å². The molecule has 0 saturated carbocycles. The Hall–Kier alpha value is -4.57. The van der Waals surface area contributed by atoms with Crippen LogP contribution >= 0.6 is 0 Å². The molecule has 0 spiro atoms. The zero-order chi connectivity index (χ0) is 36.2. The average Bonchev–Trinajstić information content (AvgIpc) is 2.99. The molecule has 3 aromatic carbocycles. The fraction of sp³-hybridized carbons (Fsp3) is 0. The second-order valence-electron chi connectivity index (χ2n) is 8.98. The summed E-state index contributed by atoms with van der Waals surface area (Å²) in [6.45, 7) is 0. The van der Waals surface area contributed by atoms with Crippen molar-refractivity contribution in [3.05, 3.63) is 110 Å². The highest BCUT2D eigenvalue weighted by atomic mass is 32.3. The normalized spacial score (nSPS) is 11.1. The van der Waals surface area contributed by atoms with Gasteiger partial charge < -0.3 is 11.4 Å². The van der Waals surface area contributed by atoms with Crippen LogP contribution in [-0.4, -0.2) is 82.7 Å². The molecule has 0 fully saturated rings. The monoisotopic (exact) mass is 753 g/mol. The van der Waals surface area contributed by atoms with Gasteiger partial charge in [0.25, 0.3) is 0 Å². The van der Waals surface area contributed by atoms with Crippen molar-refractivity contribution < 1.29 is 63.9 Å². The zero-order valence-corrected chi connectivity index (χ0v) is 28.0. The summed E-state index contributed by atoms with van der Waals surface area (Å²) in [5.41, 5.74) is 2.25. The molecule has 0 bridgehead atoms. The van der Waals surface area contributed by atoms with E-state index in [4.69, 9.17) is 63.9 Å². The molecule has 6 rings (SSSR count). The standard InChI is InChI=1S/3C9H7NO.Al.3H2O4S/c3*11-8-5-1-3-7-4-2-6-10-9(7)8;;3*1-5(2,3)4/h3*1-6,11H;;3*(H2,1,2,3,4)/q;;;+3;;;/p-3. The van der Waals surface area contributed by atoms with Crippen LogP contribution in [0, 0.1) is 0 Å². The Labute approximate surface area is 283 Å². The Bertz CT molecular complexity index is 2060.